The van der Waals surface area contributed by atoms with E-state index in [1.807, 2.05) is 0 Å². The van der Waals surface area contributed by atoms with E-state index in [-0.39, 0.29) is 29.6 Å². The number of carboxylic acids is 1. The average molecular weight is 270 g/mol. The molecular weight excluding hydrogens is 244 g/mol. The van der Waals surface area contributed by atoms with Gasteiger partial charge in [-0.2, -0.15) is 0 Å². The molecule has 1 fully saturated rings. The smallest absolute Gasteiger partial charge is 0.303 e. The Bertz CT molecular complexity index is 336. The first-order valence-electron chi connectivity index (χ1n) is 6.93. The number of carboxylic acid groups (broad SMARTS) is 1. The normalized spacial score (nSPS) is 21.5. The van der Waals surface area contributed by atoms with Gasteiger partial charge in [-0.05, 0) is 24.2 Å². The number of aliphatic carboxylic acids is 1. The van der Waals surface area contributed by atoms with E-state index in [1.54, 1.807) is 4.90 Å². The van der Waals surface area contributed by atoms with Gasteiger partial charge < -0.3 is 15.7 Å². The Hall–Kier alpha value is -1.10. The molecule has 0 aromatic carbocycles. The van der Waals surface area contributed by atoms with Crippen molar-refractivity contribution in [2.75, 3.05) is 19.6 Å². The Kier molecular flexibility index (Phi) is 5.35. The predicted octanol–water partition coefficient (Wildman–Crippen LogP) is 1.32. The fourth-order valence-electron chi connectivity index (χ4n) is 2.72. The van der Waals surface area contributed by atoms with Crippen LogP contribution in [0.2, 0.25) is 0 Å². The standard InChI is InChI=1S/C14H26N2O3/c1-14(2,3)7-11(8-15)13(19)16-5-4-10(9-16)6-12(17)18/h10-11H,4-9,15H2,1-3H3,(H,17,18). The molecule has 5 nitrogen and oxygen atoms in total. The molecule has 1 saturated heterocycles. The van der Waals surface area contributed by atoms with Crippen molar-refractivity contribution in [3.05, 3.63) is 0 Å². The fraction of sp³-hybridized carbons (Fsp3) is 0.857. The third-order valence-electron chi connectivity index (χ3n) is 3.55. The molecule has 1 heterocycles. The molecule has 3 N–H and O–H groups in total. The van der Waals surface area contributed by atoms with Crippen molar-refractivity contribution < 1.29 is 14.7 Å². The first-order valence-corrected chi connectivity index (χ1v) is 6.93. The third kappa shape index (κ3) is 5.19. The number of likely N-dealkylation sites (tertiary alicyclic amines) is 1. The molecule has 1 aliphatic rings. The molecule has 0 spiro atoms. The van der Waals surface area contributed by atoms with Crippen molar-refractivity contribution in [3.63, 3.8) is 0 Å². The van der Waals surface area contributed by atoms with Gasteiger partial charge in [0.1, 0.15) is 0 Å². The zero-order valence-corrected chi connectivity index (χ0v) is 12.2. The zero-order valence-electron chi connectivity index (χ0n) is 12.2. The van der Waals surface area contributed by atoms with E-state index in [1.165, 1.54) is 0 Å². The highest BCUT2D eigenvalue weighted by Gasteiger charge is 2.32. The minimum absolute atomic E-state index is 0.0693. The fourth-order valence-corrected chi connectivity index (χ4v) is 2.72. The van der Waals surface area contributed by atoms with E-state index in [2.05, 4.69) is 20.8 Å². The molecule has 0 radical (unpaired) electrons. The number of carbonyl (C=O) groups excluding carboxylic acids is 1. The van der Waals surface area contributed by atoms with Crippen molar-refractivity contribution >= 4 is 11.9 Å². The summed E-state index contributed by atoms with van der Waals surface area (Å²) in [5.74, 6) is -0.757. The van der Waals surface area contributed by atoms with Crippen LogP contribution in [0.15, 0.2) is 0 Å². The quantitative estimate of drug-likeness (QED) is 0.789. The lowest BCUT2D eigenvalue weighted by Crippen LogP contribution is -2.39. The number of hydrogen-bond acceptors (Lipinski definition) is 3. The summed E-state index contributed by atoms with van der Waals surface area (Å²) in [6, 6.07) is 0. The molecule has 1 rings (SSSR count). The molecule has 0 aromatic heterocycles. The van der Waals surface area contributed by atoms with Gasteiger partial charge in [0.05, 0.1) is 5.92 Å². The van der Waals surface area contributed by atoms with Crippen LogP contribution in [0.25, 0.3) is 0 Å². The molecule has 0 aliphatic carbocycles. The topological polar surface area (TPSA) is 83.6 Å². The van der Waals surface area contributed by atoms with E-state index in [4.69, 9.17) is 10.8 Å². The first-order chi connectivity index (χ1) is 8.73. The Labute approximate surface area is 115 Å². The van der Waals surface area contributed by atoms with Crippen molar-refractivity contribution in [2.45, 2.75) is 40.0 Å². The Morgan fingerprint density at radius 3 is 2.53 bits per heavy atom. The van der Waals surface area contributed by atoms with Crippen LogP contribution in [0.3, 0.4) is 0 Å². The summed E-state index contributed by atoms with van der Waals surface area (Å²) in [6.45, 7) is 7.87. The maximum atomic E-state index is 12.4. The van der Waals surface area contributed by atoms with Crippen LogP contribution in [-0.4, -0.2) is 41.5 Å². The highest BCUT2D eigenvalue weighted by atomic mass is 16.4. The van der Waals surface area contributed by atoms with Crippen LogP contribution in [0.4, 0.5) is 0 Å². The highest BCUT2D eigenvalue weighted by molar-refractivity contribution is 5.79. The number of amides is 1. The minimum Gasteiger partial charge on any atom is -0.481 e. The van der Waals surface area contributed by atoms with Crippen LogP contribution in [0.1, 0.15) is 40.0 Å². The predicted molar refractivity (Wildman–Crippen MR) is 73.6 cm³/mol. The summed E-state index contributed by atoms with van der Waals surface area (Å²) >= 11 is 0. The second kappa shape index (κ2) is 6.37. The maximum Gasteiger partial charge on any atom is 0.303 e. The molecule has 1 aliphatic heterocycles. The van der Waals surface area contributed by atoms with Gasteiger partial charge in [0, 0.05) is 26.1 Å². The molecule has 0 saturated carbocycles. The van der Waals surface area contributed by atoms with Crippen molar-refractivity contribution in [3.8, 4) is 0 Å². The van der Waals surface area contributed by atoms with Crippen molar-refractivity contribution in [1.82, 2.24) is 4.90 Å². The monoisotopic (exact) mass is 270 g/mol. The van der Waals surface area contributed by atoms with E-state index in [0.717, 1.165) is 12.8 Å². The Morgan fingerprint density at radius 2 is 2.05 bits per heavy atom. The lowest BCUT2D eigenvalue weighted by molar-refractivity contribution is -0.139. The number of nitrogens with two attached hydrogens (primary N) is 1. The van der Waals surface area contributed by atoms with E-state index < -0.39 is 5.97 Å². The molecule has 2 atom stereocenters. The maximum absolute atomic E-state index is 12.4. The second-order valence-electron chi connectivity index (χ2n) is 6.73. The summed E-state index contributed by atoms with van der Waals surface area (Å²) in [4.78, 5) is 24.9. The number of rotatable bonds is 5. The lowest BCUT2D eigenvalue weighted by atomic mass is 9.84. The molecule has 0 bridgehead atoms. The van der Waals surface area contributed by atoms with E-state index in [0.29, 0.717) is 19.6 Å². The van der Waals surface area contributed by atoms with Gasteiger partial charge in [-0.25, -0.2) is 0 Å². The first kappa shape index (κ1) is 16.0. The summed E-state index contributed by atoms with van der Waals surface area (Å²) < 4.78 is 0. The Balaban J connectivity index is 2.55. The molecule has 2 unspecified atom stereocenters. The van der Waals surface area contributed by atoms with Crippen LogP contribution in [-0.2, 0) is 9.59 Å². The van der Waals surface area contributed by atoms with Crippen molar-refractivity contribution in [1.29, 1.82) is 0 Å². The van der Waals surface area contributed by atoms with Crippen LogP contribution >= 0.6 is 0 Å². The van der Waals surface area contributed by atoms with E-state index >= 15 is 0 Å². The molecule has 110 valence electrons. The molecule has 19 heavy (non-hydrogen) atoms. The molecular formula is C14H26N2O3. The van der Waals surface area contributed by atoms with Crippen LogP contribution < -0.4 is 5.73 Å². The largest absolute Gasteiger partial charge is 0.481 e. The van der Waals surface area contributed by atoms with Gasteiger partial charge in [0.25, 0.3) is 0 Å². The van der Waals surface area contributed by atoms with Crippen LogP contribution in [0, 0.1) is 17.3 Å². The Morgan fingerprint density at radius 1 is 1.42 bits per heavy atom. The van der Waals surface area contributed by atoms with Gasteiger partial charge in [-0.1, -0.05) is 20.8 Å². The second-order valence-corrected chi connectivity index (χ2v) is 6.73. The molecule has 0 aromatic rings. The highest BCUT2D eigenvalue weighted by Crippen LogP contribution is 2.27. The summed E-state index contributed by atoms with van der Waals surface area (Å²) in [5, 5.41) is 8.78. The van der Waals surface area contributed by atoms with Gasteiger partial charge in [0.15, 0.2) is 0 Å². The third-order valence-corrected chi connectivity index (χ3v) is 3.55. The lowest BCUT2D eigenvalue weighted by Gasteiger charge is -2.28. The van der Waals surface area contributed by atoms with Gasteiger partial charge in [-0.3, -0.25) is 9.59 Å². The zero-order chi connectivity index (χ0) is 14.6. The average Bonchev–Trinajstić information content (AvgIpc) is 2.71. The van der Waals surface area contributed by atoms with E-state index in [9.17, 15) is 9.59 Å². The van der Waals surface area contributed by atoms with Gasteiger partial charge >= 0.3 is 5.97 Å². The molecule has 1 amide bonds. The number of nitrogens with zero attached hydrogens (tertiary/aromatic N) is 1. The summed E-state index contributed by atoms with van der Waals surface area (Å²) in [7, 11) is 0. The summed E-state index contributed by atoms with van der Waals surface area (Å²) in [5.41, 5.74) is 5.79. The SMILES string of the molecule is CC(C)(C)CC(CN)C(=O)N1CCC(CC(=O)O)C1. The van der Waals surface area contributed by atoms with Crippen LogP contribution in [0.5, 0.6) is 0 Å². The van der Waals surface area contributed by atoms with Crippen molar-refractivity contribution in [2.24, 2.45) is 23.0 Å². The number of hydrogen-bond donors (Lipinski definition) is 2. The minimum atomic E-state index is -0.788. The van der Waals surface area contributed by atoms with Gasteiger partial charge in [0.2, 0.25) is 5.91 Å². The molecule has 5 heteroatoms. The van der Waals surface area contributed by atoms with Gasteiger partial charge in [-0.15, -0.1) is 0 Å². The summed E-state index contributed by atoms with van der Waals surface area (Å²) in [6.07, 6.45) is 1.70. The number of carbonyl (C=O) groups is 2.